The number of thiol groups is 1. The molecule has 0 N–H and O–H groups in total. The molecule has 0 amide bonds. The van der Waals surface area contributed by atoms with Gasteiger partial charge in [0, 0.05) is 4.90 Å². The van der Waals surface area contributed by atoms with Crippen LogP contribution in [0.2, 0.25) is 0 Å². The Morgan fingerprint density at radius 1 is 1.05 bits per heavy atom. The van der Waals surface area contributed by atoms with Gasteiger partial charge in [0.2, 0.25) is 0 Å². The predicted molar refractivity (Wildman–Crippen MR) is 91.4 cm³/mol. The number of hydrogen-bond acceptors (Lipinski definition) is 1. The van der Waals surface area contributed by atoms with Crippen molar-refractivity contribution in [2.24, 2.45) is 0 Å². The molecule has 0 bridgehead atoms. The summed E-state index contributed by atoms with van der Waals surface area (Å²) >= 11 is 4.31. The average molecular weight is 280 g/mol. The molecule has 2 aromatic carbocycles. The maximum atomic E-state index is 4.31. The highest BCUT2D eigenvalue weighted by Gasteiger charge is 1.98. The Balaban J connectivity index is 2.20. The van der Waals surface area contributed by atoms with Gasteiger partial charge in [0.15, 0.2) is 0 Å². The molecule has 0 aliphatic carbocycles. The minimum atomic E-state index is 0.946. The Hall–Kier alpha value is -1.73. The average Bonchev–Trinajstić information content (AvgIpc) is 2.42. The van der Waals surface area contributed by atoms with Gasteiger partial charge in [-0.05, 0) is 54.7 Å². The normalized spacial score (nSPS) is 11.4. The molecule has 102 valence electrons. The van der Waals surface area contributed by atoms with E-state index in [0.29, 0.717) is 0 Å². The van der Waals surface area contributed by atoms with Crippen LogP contribution in [0.15, 0.2) is 71.2 Å². The van der Waals surface area contributed by atoms with Crippen molar-refractivity contribution in [2.45, 2.75) is 25.2 Å². The third kappa shape index (κ3) is 4.14. The molecule has 2 rings (SSSR count). The minimum absolute atomic E-state index is 0.946. The Morgan fingerprint density at radius 2 is 1.75 bits per heavy atom. The SMILES string of the molecule is C=C(C)/C(C)=C/c1cccc(Cc2ccc(S)cc2)c1. The summed E-state index contributed by atoms with van der Waals surface area (Å²) in [6, 6.07) is 17.0. The van der Waals surface area contributed by atoms with Crippen molar-refractivity contribution in [1.82, 2.24) is 0 Å². The Kier molecular flexibility index (Phi) is 4.86. The van der Waals surface area contributed by atoms with E-state index in [1.807, 2.05) is 19.1 Å². The second kappa shape index (κ2) is 6.62. The topological polar surface area (TPSA) is 0 Å². The van der Waals surface area contributed by atoms with Crippen LogP contribution >= 0.6 is 12.6 Å². The van der Waals surface area contributed by atoms with Crippen molar-refractivity contribution >= 4 is 18.7 Å². The van der Waals surface area contributed by atoms with E-state index in [-0.39, 0.29) is 0 Å². The van der Waals surface area contributed by atoms with Gasteiger partial charge in [0.1, 0.15) is 0 Å². The number of hydrogen-bond donors (Lipinski definition) is 1. The van der Waals surface area contributed by atoms with Crippen LogP contribution < -0.4 is 0 Å². The second-order valence-electron chi connectivity index (χ2n) is 5.20. The molecule has 0 nitrogen and oxygen atoms in total. The van der Waals surface area contributed by atoms with Gasteiger partial charge in [0.25, 0.3) is 0 Å². The molecule has 0 aromatic heterocycles. The van der Waals surface area contributed by atoms with Crippen molar-refractivity contribution in [1.29, 1.82) is 0 Å². The van der Waals surface area contributed by atoms with Crippen LogP contribution in [0.4, 0.5) is 0 Å². The molecule has 1 heteroatoms. The van der Waals surface area contributed by atoms with Crippen molar-refractivity contribution in [3.63, 3.8) is 0 Å². The zero-order chi connectivity index (χ0) is 14.5. The van der Waals surface area contributed by atoms with Gasteiger partial charge in [-0.15, -0.1) is 12.6 Å². The molecule has 0 atom stereocenters. The summed E-state index contributed by atoms with van der Waals surface area (Å²) in [6.45, 7) is 8.11. The molecule has 0 saturated heterocycles. The molecule has 0 aliphatic rings. The van der Waals surface area contributed by atoms with E-state index in [2.05, 4.69) is 68.6 Å². The summed E-state index contributed by atoms with van der Waals surface area (Å²) in [5.74, 6) is 0. The summed E-state index contributed by atoms with van der Waals surface area (Å²) in [5.41, 5.74) is 6.19. The first-order chi connectivity index (χ1) is 9.54. The van der Waals surface area contributed by atoms with E-state index in [1.54, 1.807) is 0 Å². The quantitative estimate of drug-likeness (QED) is 0.551. The Bertz CT molecular complexity index is 633. The van der Waals surface area contributed by atoms with Gasteiger partial charge < -0.3 is 0 Å². The fourth-order valence-corrected chi connectivity index (χ4v) is 2.16. The highest BCUT2D eigenvalue weighted by atomic mass is 32.1. The van der Waals surface area contributed by atoms with Crippen LogP contribution in [0.25, 0.3) is 6.08 Å². The molecule has 0 unspecified atom stereocenters. The van der Waals surface area contributed by atoms with Gasteiger partial charge in [-0.25, -0.2) is 0 Å². The first-order valence-electron chi connectivity index (χ1n) is 6.75. The lowest BCUT2D eigenvalue weighted by Crippen LogP contribution is -1.89. The molecule has 0 radical (unpaired) electrons. The molecule has 20 heavy (non-hydrogen) atoms. The predicted octanol–water partition coefficient (Wildman–Crippen LogP) is 5.55. The van der Waals surface area contributed by atoms with Crippen LogP contribution in [0.3, 0.4) is 0 Å². The van der Waals surface area contributed by atoms with Gasteiger partial charge in [-0.3, -0.25) is 0 Å². The monoisotopic (exact) mass is 280 g/mol. The number of benzene rings is 2. The van der Waals surface area contributed by atoms with Gasteiger partial charge >= 0.3 is 0 Å². The van der Waals surface area contributed by atoms with Gasteiger partial charge in [-0.1, -0.05) is 54.6 Å². The van der Waals surface area contributed by atoms with Crippen LogP contribution in [0.5, 0.6) is 0 Å². The van der Waals surface area contributed by atoms with Crippen LogP contribution in [-0.4, -0.2) is 0 Å². The first-order valence-corrected chi connectivity index (χ1v) is 7.20. The maximum Gasteiger partial charge on any atom is 0.00401 e. The van der Waals surface area contributed by atoms with Crippen LogP contribution in [-0.2, 0) is 6.42 Å². The molecule has 0 spiro atoms. The lowest BCUT2D eigenvalue weighted by Gasteiger charge is -2.05. The molecule has 0 heterocycles. The molecule has 0 saturated carbocycles. The zero-order valence-corrected chi connectivity index (χ0v) is 13.0. The lowest BCUT2D eigenvalue weighted by molar-refractivity contribution is 1.18. The van der Waals surface area contributed by atoms with Crippen molar-refractivity contribution < 1.29 is 0 Å². The van der Waals surface area contributed by atoms with E-state index in [9.17, 15) is 0 Å². The zero-order valence-electron chi connectivity index (χ0n) is 12.1. The Morgan fingerprint density at radius 3 is 2.40 bits per heavy atom. The van der Waals surface area contributed by atoms with Gasteiger partial charge in [0.05, 0.1) is 0 Å². The van der Waals surface area contributed by atoms with Crippen LogP contribution in [0, 0.1) is 0 Å². The molecule has 0 aliphatic heterocycles. The standard InChI is InChI=1S/C19H20S/c1-14(2)15(3)11-17-5-4-6-18(13-17)12-16-7-9-19(20)10-8-16/h4-11,13,20H,1,12H2,2-3H3/b15-11+. The maximum absolute atomic E-state index is 4.31. The van der Waals surface area contributed by atoms with E-state index >= 15 is 0 Å². The van der Waals surface area contributed by atoms with E-state index in [0.717, 1.165) is 16.9 Å². The van der Waals surface area contributed by atoms with Crippen LogP contribution in [0.1, 0.15) is 30.5 Å². The fourth-order valence-electron chi connectivity index (χ4n) is 2.02. The summed E-state index contributed by atoms with van der Waals surface area (Å²) in [7, 11) is 0. The van der Waals surface area contributed by atoms with Crippen molar-refractivity contribution in [3.8, 4) is 0 Å². The molecular weight excluding hydrogens is 260 g/mol. The summed E-state index contributed by atoms with van der Waals surface area (Å²) in [4.78, 5) is 1.00. The molecule has 2 aromatic rings. The summed E-state index contributed by atoms with van der Waals surface area (Å²) in [5, 5.41) is 0. The highest BCUT2D eigenvalue weighted by Crippen LogP contribution is 2.17. The third-order valence-electron chi connectivity index (χ3n) is 3.35. The largest absolute Gasteiger partial charge is 0.143 e. The smallest absolute Gasteiger partial charge is 0.00401 e. The molecular formula is C19H20S. The number of rotatable bonds is 4. The second-order valence-corrected chi connectivity index (χ2v) is 5.71. The van der Waals surface area contributed by atoms with Gasteiger partial charge in [-0.2, -0.15) is 0 Å². The van der Waals surface area contributed by atoms with E-state index in [1.165, 1.54) is 22.3 Å². The summed E-state index contributed by atoms with van der Waals surface area (Å²) in [6.07, 6.45) is 3.13. The molecule has 0 fully saturated rings. The lowest BCUT2D eigenvalue weighted by atomic mass is 10.0. The minimum Gasteiger partial charge on any atom is -0.143 e. The Labute approximate surface area is 127 Å². The highest BCUT2D eigenvalue weighted by molar-refractivity contribution is 7.80. The van der Waals surface area contributed by atoms with E-state index in [4.69, 9.17) is 0 Å². The van der Waals surface area contributed by atoms with Crippen molar-refractivity contribution in [2.75, 3.05) is 0 Å². The summed E-state index contributed by atoms with van der Waals surface area (Å²) < 4.78 is 0. The van der Waals surface area contributed by atoms with Crippen molar-refractivity contribution in [3.05, 3.63) is 82.9 Å². The number of allylic oxidation sites excluding steroid dienone is 2. The first kappa shape index (κ1) is 14.7. The third-order valence-corrected chi connectivity index (χ3v) is 3.65. The fraction of sp³-hybridized carbons (Fsp3) is 0.158. The van der Waals surface area contributed by atoms with E-state index < -0.39 is 0 Å².